The number of halogens is 3. The van der Waals surface area contributed by atoms with Crippen molar-refractivity contribution in [2.45, 2.75) is 32.9 Å². The lowest BCUT2D eigenvalue weighted by Crippen LogP contribution is -2.22. The molecule has 2 aromatic carbocycles. The molecule has 0 saturated heterocycles. The van der Waals surface area contributed by atoms with Crippen LogP contribution in [0.5, 0.6) is 5.75 Å². The maximum absolute atomic E-state index is 12.5. The van der Waals surface area contributed by atoms with Crippen LogP contribution in [-0.2, 0) is 11.3 Å². The van der Waals surface area contributed by atoms with Crippen molar-refractivity contribution in [3.8, 4) is 16.9 Å². The van der Waals surface area contributed by atoms with Gasteiger partial charge in [-0.15, -0.1) is 13.2 Å². The smallest absolute Gasteiger partial charge is 0.406 e. The number of aliphatic imine (C=N–C) groups is 1. The van der Waals surface area contributed by atoms with Crippen LogP contribution in [0.3, 0.4) is 0 Å². The van der Waals surface area contributed by atoms with Crippen molar-refractivity contribution in [1.29, 1.82) is 0 Å². The topological polar surface area (TPSA) is 91.2 Å². The quantitative estimate of drug-likeness (QED) is 0.373. The minimum absolute atomic E-state index is 0.00589. The van der Waals surface area contributed by atoms with E-state index in [2.05, 4.69) is 21.6 Å². The van der Waals surface area contributed by atoms with Crippen LogP contribution in [0.2, 0.25) is 0 Å². The largest absolute Gasteiger partial charge is 0.573 e. The van der Waals surface area contributed by atoms with E-state index < -0.39 is 25.0 Å². The highest BCUT2D eigenvalue weighted by Crippen LogP contribution is 2.39. The SMILES string of the molecule is C=CC(=O)NCc1cc(-c2ccc(OC(F)(F)F)cc2)c(C)c(N=C/C=C\C)c1[C@@H](O)CO. The highest BCUT2D eigenvalue weighted by Gasteiger charge is 2.31. The van der Waals surface area contributed by atoms with Gasteiger partial charge in [0.15, 0.2) is 0 Å². The minimum Gasteiger partial charge on any atom is -0.406 e. The average Bonchev–Trinajstić information content (AvgIpc) is 2.77. The van der Waals surface area contributed by atoms with Crippen LogP contribution in [0.15, 0.2) is 60.1 Å². The first kappa shape index (κ1) is 25.8. The summed E-state index contributed by atoms with van der Waals surface area (Å²) in [6, 6.07) is 7.02. The molecular formula is C24H25F3N2O4. The van der Waals surface area contributed by atoms with Crippen LogP contribution in [0.4, 0.5) is 18.9 Å². The number of nitrogens with one attached hydrogen (secondary N) is 1. The maximum atomic E-state index is 12.5. The number of amides is 1. The monoisotopic (exact) mass is 462 g/mol. The van der Waals surface area contributed by atoms with Gasteiger partial charge in [0.05, 0.1) is 12.3 Å². The number of carbonyl (C=O) groups excluding carboxylic acids is 1. The Balaban J connectivity index is 2.67. The molecule has 33 heavy (non-hydrogen) atoms. The molecule has 0 bridgehead atoms. The molecule has 1 amide bonds. The molecule has 9 heteroatoms. The van der Waals surface area contributed by atoms with Crippen LogP contribution in [0, 0.1) is 6.92 Å². The van der Waals surface area contributed by atoms with E-state index in [4.69, 9.17) is 0 Å². The molecule has 0 aliphatic carbocycles. The van der Waals surface area contributed by atoms with Gasteiger partial charge in [0, 0.05) is 18.3 Å². The van der Waals surface area contributed by atoms with Gasteiger partial charge >= 0.3 is 6.36 Å². The fraction of sp³-hybridized carbons (Fsp3) is 0.250. The van der Waals surface area contributed by atoms with Gasteiger partial charge in [0.1, 0.15) is 11.9 Å². The molecule has 0 saturated carbocycles. The summed E-state index contributed by atoms with van der Waals surface area (Å²) in [7, 11) is 0. The van der Waals surface area contributed by atoms with Gasteiger partial charge in [0.2, 0.25) is 5.91 Å². The van der Waals surface area contributed by atoms with Crippen LogP contribution in [0.25, 0.3) is 11.1 Å². The van der Waals surface area contributed by atoms with Crippen molar-refractivity contribution >= 4 is 17.8 Å². The zero-order chi connectivity index (χ0) is 24.6. The van der Waals surface area contributed by atoms with Crippen molar-refractivity contribution in [2.75, 3.05) is 6.61 Å². The summed E-state index contributed by atoms with van der Waals surface area (Å²) in [5, 5.41) is 22.7. The second kappa shape index (κ2) is 11.4. The van der Waals surface area contributed by atoms with E-state index in [0.717, 1.165) is 6.08 Å². The predicted molar refractivity (Wildman–Crippen MR) is 120 cm³/mol. The molecule has 2 aromatic rings. The number of rotatable bonds is 9. The van der Waals surface area contributed by atoms with E-state index in [-0.39, 0.29) is 12.3 Å². The van der Waals surface area contributed by atoms with Crippen LogP contribution < -0.4 is 10.1 Å². The molecule has 2 rings (SSSR count). The average molecular weight is 462 g/mol. The van der Waals surface area contributed by atoms with E-state index in [1.807, 2.05) is 0 Å². The molecule has 0 unspecified atom stereocenters. The van der Waals surface area contributed by atoms with Crippen molar-refractivity contribution < 1.29 is 32.9 Å². The third kappa shape index (κ3) is 7.03. The minimum atomic E-state index is -4.80. The fourth-order valence-electron chi connectivity index (χ4n) is 3.21. The Hall–Kier alpha value is -3.43. The number of allylic oxidation sites excluding steroid dienone is 2. The molecule has 176 valence electrons. The Labute approximate surface area is 189 Å². The third-order valence-corrected chi connectivity index (χ3v) is 4.70. The van der Waals surface area contributed by atoms with E-state index in [1.54, 1.807) is 32.1 Å². The van der Waals surface area contributed by atoms with Gasteiger partial charge < -0.3 is 20.3 Å². The zero-order valence-electron chi connectivity index (χ0n) is 18.2. The summed E-state index contributed by atoms with van der Waals surface area (Å²) in [6.45, 7) is 6.39. The third-order valence-electron chi connectivity index (χ3n) is 4.70. The van der Waals surface area contributed by atoms with Crippen molar-refractivity contribution in [1.82, 2.24) is 5.32 Å². The number of benzene rings is 2. The Kier molecular flexibility index (Phi) is 8.95. The van der Waals surface area contributed by atoms with Crippen LogP contribution in [0.1, 0.15) is 29.7 Å². The summed E-state index contributed by atoms with van der Waals surface area (Å²) in [4.78, 5) is 16.2. The van der Waals surface area contributed by atoms with Crippen LogP contribution in [-0.4, -0.2) is 35.3 Å². The summed E-state index contributed by atoms with van der Waals surface area (Å²) in [5.74, 6) is -0.796. The Morgan fingerprint density at radius 2 is 1.97 bits per heavy atom. The predicted octanol–water partition coefficient (Wildman–Crippen LogP) is 4.67. The van der Waals surface area contributed by atoms with E-state index in [1.165, 1.54) is 30.5 Å². The zero-order valence-corrected chi connectivity index (χ0v) is 18.2. The molecule has 1 atom stereocenters. The first-order chi connectivity index (χ1) is 15.6. The second-order valence-electron chi connectivity index (χ2n) is 6.97. The number of nitrogens with zero attached hydrogens (tertiary/aromatic N) is 1. The van der Waals surface area contributed by atoms with Crippen molar-refractivity contribution in [2.24, 2.45) is 4.99 Å². The highest BCUT2D eigenvalue weighted by molar-refractivity contribution is 5.87. The van der Waals surface area contributed by atoms with Crippen LogP contribution >= 0.6 is 0 Å². The Morgan fingerprint density at radius 3 is 2.52 bits per heavy atom. The first-order valence-corrected chi connectivity index (χ1v) is 9.98. The molecular weight excluding hydrogens is 437 g/mol. The van der Waals surface area contributed by atoms with Gasteiger partial charge in [-0.05, 0) is 66.5 Å². The number of hydrogen-bond acceptors (Lipinski definition) is 5. The number of hydrogen-bond donors (Lipinski definition) is 3. The summed E-state index contributed by atoms with van der Waals surface area (Å²) < 4.78 is 41.4. The normalized spacial score (nSPS) is 12.8. The molecule has 0 aliphatic heterocycles. The molecule has 0 aromatic heterocycles. The molecule has 0 spiro atoms. The molecule has 0 aliphatic rings. The standard InChI is InChI=1S/C24H25F3N2O4/c1-4-6-11-28-23-15(3)19(16-7-9-18(10-8-16)33-24(25,26)27)12-17(13-29-21(32)5-2)22(23)20(31)14-30/h4-12,20,30-31H,2,13-14H2,1,3H3,(H,29,32)/b6-4-,28-11?/t20-/m0/s1. The van der Waals surface area contributed by atoms with Gasteiger partial charge in [-0.1, -0.05) is 24.8 Å². The van der Waals surface area contributed by atoms with E-state index >= 15 is 0 Å². The van der Waals surface area contributed by atoms with Gasteiger partial charge in [0.25, 0.3) is 0 Å². The van der Waals surface area contributed by atoms with Crippen molar-refractivity contribution in [3.05, 3.63) is 71.8 Å². The summed E-state index contributed by atoms with van der Waals surface area (Å²) >= 11 is 0. The number of carbonyl (C=O) groups is 1. The molecule has 3 N–H and O–H groups in total. The van der Waals surface area contributed by atoms with E-state index in [0.29, 0.717) is 33.5 Å². The maximum Gasteiger partial charge on any atom is 0.573 e. The number of aliphatic hydroxyl groups excluding tert-OH is 2. The number of alkyl halides is 3. The molecule has 6 nitrogen and oxygen atoms in total. The lowest BCUT2D eigenvalue weighted by molar-refractivity contribution is -0.274. The summed E-state index contributed by atoms with van der Waals surface area (Å²) in [5.41, 5.74) is 3.02. The van der Waals surface area contributed by atoms with Gasteiger partial charge in [-0.25, -0.2) is 0 Å². The number of aliphatic hydroxyl groups is 2. The number of ether oxygens (including phenoxy) is 1. The highest BCUT2D eigenvalue weighted by atomic mass is 19.4. The molecule has 0 fully saturated rings. The molecule has 0 heterocycles. The molecule has 0 radical (unpaired) electrons. The fourth-order valence-corrected chi connectivity index (χ4v) is 3.21. The Morgan fingerprint density at radius 1 is 1.30 bits per heavy atom. The van der Waals surface area contributed by atoms with E-state index in [9.17, 15) is 28.2 Å². The lowest BCUT2D eigenvalue weighted by Gasteiger charge is -2.21. The van der Waals surface area contributed by atoms with Gasteiger partial charge in [-0.3, -0.25) is 9.79 Å². The van der Waals surface area contributed by atoms with Gasteiger partial charge in [-0.2, -0.15) is 0 Å². The summed E-state index contributed by atoms with van der Waals surface area (Å²) in [6.07, 6.45) is -0.00821. The second-order valence-corrected chi connectivity index (χ2v) is 6.97. The lowest BCUT2D eigenvalue weighted by atomic mass is 9.90. The van der Waals surface area contributed by atoms with Crippen molar-refractivity contribution in [3.63, 3.8) is 0 Å². The Bertz CT molecular complexity index is 1050. The first-order valence-electron chi connectivity index (χ1n) is 9.98.